The monoisotopic (exact) mass is 410 g/mol. The van der Waals surface area contributed by atoms with E-state index in [9.17, 15) is 17.6 Å². The summed E-state index contributed by atoms with van der Waals surface area (Å²) < 4.78 is 53.4. The molecule has 0 N–H and O–H groups in total. The van der Waals surface area contributed by atoms with Crippen molar-refractivity contribution in [1.82, 2.24) is 0 Å². The van der Waals surface area contributed by atoms with Gasteiger partial charge in [-0.05, 0) is 98.1 Å². The summed E-state index contributed by atoms with van der Waals surface area (Å²) in [7, 11) is 0. The van der Waals surface area contributed by atoms with Crippen LogP contribution in [-0.2, 0) is 19.0 Å². The lowest BCUT2D eigenvalue weighted by Crippen LogP contribution is -2.35. The number of alkyl halides is 3. The molecule has 0 bridgehead atoms. The molecule has 1 aromatic carbocycles. The Balaban J connectivity index is 1.38. The molecule has 0 radical (unpaired) electrons. The van der Waals surface area contributed by atoms with Gasteiger partial charge in [-0.15, -0.1) is 0 Å². The van der Waals surface area contributed by atoms with Crippen molar-refractivity contribution in [3.63, 3.8) is 0 Å². The van der Waals surface area contributed by atoms with Gasteiger partial charge in [0.1, 0.15) is 5.82 Å². The Morgan fingerprint density at radius 2 is 1.59 bits per heavy atom. The van der Waals surface area contributed by atoms with Crippen molar-refractivity contribution in [2.24, 2.45) is 29.6 Å². The second-order valence-corrected chi connectivity index (χ2v) is 9.98. The van der Waals surface area contributed by atoms with Crippen LogP contribution < -0.4 is 0 Å². The van der Waals surface area contributed by atoms with Gasteiger partial charge in [-0.1, -0.05) is 38.7 Å². The predicted octanol–water partition coefficient (Wildman–Crippen LogP) is 7.97. The summed E-state index contributed by atoms with van der Waals surface area (Å²) in [5, 5.41) is 0. The van der Waals surface area contributed by atoms with E-state index >= 15 is 0 Å². The second-order valence-electron chi connectivity index (χ2n) is 9.98. The Labute approximate surface area is 172 Å². The lowest BCUT2D eigenvalue weighted by atomic mass is 9.61. The fourth-order valence-corrected chi connectivity index (χ4v) is 6.66. The van der Waals surface area contributed by atoms with Crippen molar-refractivity contribution in [2.45, 2.75) is 90.1 Å². The molecule has 4 heteroatoms. The van der Waals surface area contributed by atoms with Gasteiger partial charge in [0.15, 0.2) is 0 Å². The van der Waals surface area contributed by atoms with Crippen LogP contribution in [0.5, 0.6) is 0 Å². The number of halogens is 4. The molecule has 2 saturated carbocycles. The van der Waals surface area contributed by atoms with Crippen LogP contribution in [0.2, 0.25) is 0 Å². The van der Waals surface area contributed by atoms with E-state index in [4.69, 9.17) is 0 Å². The lowest BCUT2D eigenvalue weighted by molar-refractivity contribution is -0.140. The minimum Gasteiger partial charge on any atom is -0.206 e. The molecule has 0 heterocycles. The third-order valence-electron chi connectivity index (χ3n) is 8.29. The minimum absolute atomic E-state index is 0.321. The zero-order chi connectivity index (χ0) is 20.6. The highest BCUT2D eigenvalue weighted by molar-refractivity contribution is 5.37. The zero-order valence-electron chi connectivity index (χ0n) is 17.5. The highest BCUT2D eigenvalue weighted by Crippen LogP contribution is 2.49. The van der Waals surface area contributed by atoms with Crippen molar-refractivity contribution in [3.8, 4) is 0 Å². The fourth-order valence-electron chi connectivity index (χ4n) is 6.66. The molecular weight excluding hydrogens is 376 g/mol. The molecule has 0 nitrogen and oxygen atoms in total. The van der Waals surface area contributed by atoms with Crippen LogP contribution in [0.15, 0.2) is 12.1 Å². The third-order valence-corrected chi connectivity index (χ3v) is 8.29. The Bertz CT molecular complexity index is 708. The van der Waals surface area contributed by atoms with Gasteiger partial charge in [-0.2, -0.15) is 13.2 Å². The van der Waals surface area contributed by atoms with E-state index in [-0.39, 0.29) is 0 Å². The van der Waals surface area contributed by atoms with Crippen molar-refractivity contribution in [3.05, 3.63) is 34.6 Å². The summed E-state index contributed by atoms with van der Waals surface area (Å²) in [6.07, 6.45) is 9.52. The molecule has 4 rings (SSSR count). The molecule has 0 aromatic heterocycles. The Morgan fingerprint density at radius 1 is 0.897 bits per heavy atom. The van der Waals surface area contributed by atoms with Gasteiger partial charge >= 0.3 is 6.18 Å². The molecule has 3 aliphatic carbocycles. The maximum absolute atomic E-state index is 14.4. The first kappa shape index (κ1) is 21.2. The van der Waals surface area contributed by atoms with Crippen LogP contribution in [0.25, 0.3) is 0 Å². The molecule has 0 amide bonds. The van der Waals surface area contributed by atoms with E-state index < -0.39 is 17.6 Å². The maximum atomic E-state index is 14.4. The molecule has 5 unspecified atom stereocenters. The van der Waals surface area contributed by atoms with Crippen LogP contribution in [0.3, 0.4) is 0 Å². The van der Waals surface area contributed by atoms with Gasteiger partial charge in [-0.3, -0.25) is 0 Å². The minimum atomic E-state index is -4.61. The first-order chi connectivity index (χ1) is 13.9. The van der Waals surface area contributed by atoms with Gasteiger partial charge in [-0.25, -0.2) is 4.39 Å². The lowest BCUT2D eigenvalue weighted by Gasteiger charge is -2.45. The molecule has 162 valence electrons. The number of unbranched alkanes of at least 4 members (excludes halogenated alkanes) is 1. The SMILES string of the molecule is CCCCC1CCC2CC(C3CCc4c(ccc(C(F)(F)F)c4F)C3)CCC2C1. The molecule has 0 aliphatic heterocycles. The van der Waals surface area contributed by atoms with Crippen LogP contribution in [0.4, 0.5) is 17.6 Å². The molecule has 3 aliphatic rings. The zero-order valence-corrected chi connectivity index (χ0v) is 17.5. The van der Waals surface area contributed by atoms with Crippen LogP contribution >= 0.6 is 0 Å². The van der Waals surface area contributed by atoms with E-state index in [0.717, 1.165) is 42.2 Å². The summed E-state index contributed by atoms with van der Waals surface area (Å²) in [6.45, 7) is 2.27. The number of rotatable bonds is 4. The molecule has 0 saturated heterocycles. The van der Waals surface area contributed by atoms with E-state index in [1.807, 2.05) is 0 Å². The number of benzene rings is 1. The first-order valence-electron chi connectivity index (χ1n) is 11.7. The molecule has 0 spiro atoms. The summed E-state index contributed by atoms with van der Waals surface area (Å²) in [4.78, 5) is 0. The van der Waals surface area contributed by atoms with Crippen molar-refractivity contribution in [1.29, 1.82) is 0 Å². The summed E-state index contributed by atoms with van der Waals surface area (Å²) in [5.74, 6) is 2.82. The largest absolute Gasteiger partial charge is 0.419 e. The van der Waals surface area contributed by atoms with Gasteiger partial charge in [0.2, 0.25) is 0 Å². The maximum Gasteiger partial charge on any atom is 0.419 e. The average Bonchev–Trinajstić information content (AvgIpc) is 2.70. The van der Waals surface area contributed by atoms with E-state index in [1.54, 1.807) is 0 Å². The van der Waals surface area contributed by atoms with Crippen LogP contribution in [0.1, 0.15) is 87.8 Å². The van der Waals surface area contributed by atoms with Crippen molar-refractivity contribution < 1.29 is 17.6 Å². The first-order valence-corrected chi connectivity index (χ1v) is 11.7. The number of hydrogen-bond donors (Lipinski definition) is 0. The van der Waals surface area contributed by atoms with Gasteiger partial charge in [0, 0.05) is 0 Å². The smallest absolute Gasteiger partial charge is 0.206 e. The molecule has 5 atom stereocenters. The Kier molecular flexibility index (Phi) is 6.27. The topological polar surface area (TPSA) is 0 Å². The number of hydrogen-bond acceptors (Lipinski definition) is 0. The summed E-state index contributed by atoms with van der Waals surface area (Å²) in [6, 6.07) is 2.49. The van der Waals surface area contributed by atoms with E-state index in [1.165, 1.54) is 63.9 Å². The predicted molar refractivity (Wildman–Crippen MR) is 108 cm³/mol. The van der Waals surface area contributed by atoms with Gasteiger partial charge in [0.05, 0.1) is 5.56 Å². The average molecular weight is 411 g/mol. The van der Waals surface area contributed by atoms with E-state index in [2.05, 4.69) is 6.92 Å². The second kappa shape index (κ2) is 8.59. The molecular formula is C25H34F4. The Hall–Kier alpha value is -1.06. The number of fused-ring (bicyclic) bond motifs is 2. The Morgan fingerprint density at radius 3 is 2.31 bits per heavy atom. The molecule has 2 fully saturated rings. The highest BCUT2D eigenvalue weighted by atomic mass is 19.4. The van der Waals surface area contributed by atoms with Crippen molar-refractivity contribution >= 4 is 0 Å². The van der Waals surface area contributed by atoms with Crippen LogP contribution in [0, 0.1) is 35.4 Å². The third kappa shape index (κ3) is 4.51. The summed E-state index contributed by atoms with van der Waals surface area (Å²) in [5.41, 5.74) is 0.0355. The fraction of sp³-hybridized carbons (Fsp3) is 0.760. The van der Waals surface area contributed by atoms with Gasteiger partial charge in [0.25, 0.3) is 0 Å². The normalized spacial score (nSPS) is 32.5. The van der Waals surface area contributed by atoms with Gasteiger partial charge < -0.3 is 0 Å². The highest BCUT2D eigenvalue weighted by Gasteiger charge is 2.40. The van der Waals surface area contributed by atoms with Crippen LogP contribution in [-0.4, -0.2) is 0 Å². The standard InChI is InChI=1S/C25H34F4/c1-2-3-4-16-5-6-18-14-19(8-7-17(18)13-16)20-9-11-22-21(15-20)10-12-23(24(22)26)25(27,28)29/h10,12,16-20H,2-9,11,13-15H2,1H3. The quantitative estimate of drug-likeness (QED) is 0.442. The molecule has 29 heavy (non-hydrogen) atoms. The molecule has 1 aromatic rings. The summed E-state index contributed by atoms with van der Waals surface area (Å²) >= 11 is 0. The van der Waals surface area contributed by atoms with E-state index in [0.29, 0.717) is 23.8 Å². The van der Waals surface area contributed by atoms with Crippen molar-refractivity contribution in [2.75, 3.05) is 0 Å².